The molecule has 3 aromatic carbocycles. The van der Waals surface area contributed by atoms with E-state index in [1.54, 1.807) is 14.2 Å². The Balaban J connectivity index is 2.51. The predicted octanol–water partition coefficient (Wildman–Crippen LogP) is 4.89. The van der Waals surface area contributed by atoms with E-state index in [0.29, 0.717) is 5.75 Å². The average molecular weight is 337 g/mol. The fourth-order valence-electron chi connectivity index (χ4n) is 3.52. The van der Waals surface area contributed by atoms with Crippen molar-refractivity contribution in [2.24, 2.45) is 0 Å². The molecule has 0 unspecified atom stereocenters. The first-order valence-corrected chi connectivity index (χ1v) is 8.18. The largest absolute Gasteiger partial charge is 0.504 e. The van der Waals surface area contributed by atoms with Gasteiger partial charge in [0.05, 0.1) is 14.2 Å². The Kier molecular flexibility index (Phi) is 4.45. The van der Waals surface area contributed by atoms with Crippen molar-refractivity contribution in [1.29, 1.82) is 0 Å². The van der Waals surface area contributed by atoms with Crippen molar-refractivity contribution in [2.45, 2.75) is 13.8 Å². The van der Waals surface area contributed by atoms with Crippen LogP contribution in [0.25, 0.3) is 21.9 Å². The molecule has 0 amide bonds. The van der Waals surface area contributed by atoms with Gasteiger partial charge in [-0.2, -0.15) is 0 Å². The Morgan fingerprint density at radius 3 is 2.32 bits per heavy atom. The molecule has 4 nitrogen and oxygen atoms in total. The molecule has 0 aliphatic rings. The minimum absolute atomic E-state index is 0.131. The minimum Gasteiger partial charge on any atom is -0.504 e. The highest BCUT2D eigenvalue weighted by atomic mass is 16.5. The fraction of sp³-hybridized carbons (Fsp3) is 0.238. The number of methoxy groups -OCH3 is 2. The van der Waals surface area contributed by atoms with Crippen molar-refractivity contribution in [2.75, 3.05) is 26.6 Å². The summed E-state index contributed by atoms with van der Waals surface area (Å²) in [5.41, 5.74) is 4.61. The average Bonchev–Trinajstić information content (AvgIpc) is 2.62. The Hall–Kier alpha value is -2.88. The summed E-state index contributed by atoms with van der Waals surface area (Å²) in [6.45, 7) is 4.02. The molecule has 0 saturated heterocycles. The summed E-state index contributed by atoms with van der Waals surface area (Å²) in [4.78, 5) is 0. The summed E-state index contributed by atoms with van der Waals surface area (Å²) in [6, 6.07) is 11.9. The summed E-state index contributed by atoms with van der Waals surface area (Å²) >= 11 is 0. The van der Waals surface area contributed by atoms with Crippen molar-refractivity contribution in [3.8, 4) is 28.4 Å². The lowest BCUT2D eigenvalue weighted by Crippen LogP contribution is -2.01. The number of nitrogens with one attached hydrogen (secondary N) is 1. The molecule has 0 aromatic heterocycles. The lowest BCUT2D eigenvalue weighted by molar-refractivity contribution is 0.375. The van der Waals surface area contributed by atoms with Crippen LogP contribution >= 0.6 is 0 Å². The maximum absolute atomic E-state index is 10.9. The fourth-order valence-corrected chi connectivity index (χ4v) is 3.52. The first-order chi connectivity index (χ1) is 12.0. The molecule has 0 aliphatic heterocycles. The number of phenolic OH excluding ortho intramolecular Hbond substituents is 1. The third-order valence-electron chi connectivity index (χ3n) is 4.63. The lowest BCUT2D eigenvalue weighted by atomic mass is 9.90. The van der Waals surface area contributed by atoms with Gasteiger partial charge in [-0.25, -0.2) is 0 Å². The molecule has 130 valence electrons. The van der Waals surface area contributed by atoms with E-state index in [2.05, 4.69) is 5.32 Å². The summed E-state index contributed by atoms with van der Waals surface area (Å²) in [6.07, 6.45) is 0. The van der Waals surface area contributed by atoms with Crippen LogP contribution in [0.3, 0.4) is 0 Å². The quantitative estimate of drug-likeness (QED) is 0.712. The second-order valence-corrected chi connectivity index (χ2v) is 6.05. The van der Waals surface area contributed by atoms with E-state index in [1.165, 1.54) is 0 Å². The number of hydrogen-bond acceptors (Lipinski definition) is 4. The molecule has 3 aromatic rings. The smallest absolute Gasteiger partial charge is 0.166 e. The second kappa shape index (κ2) is 6.55. The van der Waals surface area contributed by atoms with E-state index in [0.717, 1.165) is 44.5 Å². The van der Waals surface area contributed by atoms with Gasteiger partial charge in [-0.1, -0.05) is 24.3 Å². The van der Waals surface area contributed by atoms with Crippen LogP contribution in [0.15, 0.2) is 36.4 Å². The number of aryl methyl sites for hydroxylation is 1. The highest BCUT2D eigenvalue weighted by molar-refractivity contribution is 6.05. The Labute approximate surface area is 148 Å². The van der Waals surface area contributed by atoms with Gasteiger partial charge in [0.25, 0.3) is 0 Å². The van der Waals surface area contributed by atoms with Gasteiger partial charge in [-0.15, -0.1) is 0 Å². The molecule has 0 aliphatic carbocycles. The SMILES string of the molecule is CNc1cc(C)c(OC)c(C)c1-c1c(O)c(OC)cc2ccccc12. The van der Waals surface area contributed by atoms with E-state index in [-0.39, 0.29) is 5.75 Å². The number of hydrogen-bond donors (Lipinski definition) is 2. The van der Waals surface area contributed by atoms with E-state index in [9.17, 15) is 5.11 Å². The predicted molar refractivity (Wildman–Crippen MR) is 103 cm³/mol. The van der Waals surface area contributed by atoms with Gasteiger partial charge in [-0.3, -0.25) is 0 Å². The molecule has 0 fully saturated rings. The Morgan fingerprint density at radius 1 is 0.960 bits per heavy atom. The highest BCUT2D eigenvalue weighted by Crippen LogP contribution is 2.48. The van der Waals surface area contributed by atoms with Crippen molar-refractivity contribution in [3.05, 3.63) is 47.5 Å². The molecule has 2 N–H and O–H groups in total. The van der Waals surface area contributed by atoms with Gasteiger partial charge in [0.2, 0.25) is 0 Å². The van der Waals surface area contributed by atoms with E-state index in [4.69, 9.17) is 9.47 Å². The molecule has 0 atom stereocenters. The normalized spacial score (nSPS) is 10.8. The third-order valence-corrected chi connectivity index (χ3v) is 4.63. The monoisotopic (exact) mass is 337 g/mol. The molecule has 0 radical (unpaired) electrons. The molecule has 0 bridgehead atoms. The third kappa shape index (κ3) is 2.64. The van der Waals surface area contributed by atoms with E-state index >= 15 is 0 Å². The molecular weight excluding hydrogens is 314 g/mol. The van der Waals surface area contributed by atoms with Gasteiger partial charge >= 0.3 is 0 Å². The number of rotatable bonds is 4. The molecule has 4 heteroatoms. The van der Waals surface area contributed by atoms with Crippen LogP contribution in [0.2, 0.25) is 0 Å². The molecular formula is C21H23NO3. The number of fused-ring (bicyclic) bond motifs is 1. The minimum atomic E-state index is 0.131. The molecule has 0 saturated carbocycles. The van der Waals surface area contributed by atoms with Gasteiger partial charge in [0.1, 0.15) is 5.75 Å². The standard InChI is InChI=1S/C21H23NO3/c1-12-10-16(22-3)18(13(2)21(12)25-5)19-15-9-7-6-8-14(15)11-17(24-4)20(19)23/h6-11,22-23H,1-5H3. The van der Waals surface area contributed by atoms with Crippen LogP contribution in [0.4, 0.5) is 5.69 Å². The first kappa shape index (κ1) is 17.0. The van der Waals surface area contributed by atoms with Gasteiger partial charge in [0.15, 0.2) is 11.5 Å². The maximum atomic E-state index is 10.9. The lowest BCUT2D eigenvalue weighted by Gasteiger charge is -2.21. The van der Waals surface area contributed by atoms with Gasteiger partial charge < -0.3 is 19.9 Å². The van der Waals surface area contributed by atoms with Crippen molar-refractivity contribution in [3.63, 3.8) is 0 Å². The van der Waals surface area contributed by atoms with Crippen LogP contribution < -0.4 is 14.8 Å². The number of phenols is 1. The summed E-state index contributed by atoms with van der Waals surface area (Å²) in [7, 11) is 5.11. The topological polar surface area (TPSA) is 50.7 Å². The molecule has 0 spiro atoms. The molecule has 25 heavy (non-hydrogen) atoms. The van der Waals surface area contributed by atoms with Crippen LogP contribution in [0, 0.1) is 13.8 Å². The van der Waals surface area contributed by atoms with Crippen molar-refractivity contribution in [1.82, 2.24) is 0 Å². The summed E-state index contributed by atoms with van der Waals surface area (Å²) in [5, 5.41) is 16.1. The van der Waals surface area contributed by atoms with Crippen LogP contribution in [-0.2, 0) is 0 Å². The first-order valence-electron chi connectivity index (χ1n) is 8.18. The number of benzene rings is 3. The zero-order valence-electron chi connectivity index (χ0n) is 15.2. The Morgan fingerprint density at radius 2 is 1.68 bits per heavy atom. The van der Waals surface area contributed by atoms with Gasteiger partial charge in [0, 0.05) is 29.4 Å². The van der Waals surface area contributed by atoms with Crippen LogP contribution in [-0.4, -0.2) is 26.4 Å². The van der Waals surface area contributed by atoms with Gasteiger partial charge in [-0.05, 0) is 42.3 Å². The zero-order chi connectivity index (χ0) is 18.1. The van der Waals surface area contributed by atoms with Crippen LogP contribution in [0.5, 0.6) is 17.2 Å². The number of ether oxygens (including phenoxy) is 2. The summed E-state index contributed by atoms with van der Waals surface area (Å²) < 4.78 is 11.0. The maximum Gasteiger partial charge on any atom is 0.166 e. The van der Waals surface area contributed by atoms with E-state index in [1.807, 2.05) is 57.3 Å². The van der Waals surface area contributed by atoms with Crippen molar-refractivity contribution < 1.29 is 14.6 Å². The zero-order valence-corrected chi connectivity index (χ0v) is 15.2. The molecule has 0 heterocycles. The molecule has 3 rings (SSSR count). The summed E-state index contributed by atoms with van der Waals surface area (Å²) in [5.74, 6) is 1.40. The second-order valence-electron chi connectivity index (χ2n) is 6.05. The van der Waals surface area contributed by atoms with Crippen LogP contribution in [0.1, 0.15) is 11.1 Å². The number of aromatic hydroxyl groups is 1. The van der Waals surface area contributed by atoms with Crippen molar-refractivity contribution >= 4 is 16.5 Å². The van der Waals surface area contributed by atoms with E-state index < -0.39 is 0 Å². The Bertz CT molecular complexity index is 948. The highest BCUT2D eigenvalue weighted by Gasteiger charge is 2.22. The number of anilines is 1.